The topological polar surface area (TPSA) is 122 Å². The summed E-state index contributed by atoms with van der Waals surface area (Å²) >= 11 is 0. The smallest absolute Gasteiger partial charge is 0.350 e. The number of carbonyl (C=O) groups excluding carboxylic acids is 2. The number of furan rings is 1. The van der Waals surface area contributed by atoms with Gasteiger partial charge in [-0.1, -0.05) is 35.1 Å². The predicted molar refractivity (Wildman–Crippen MR) is 156 cm³/mol. The molecule has 1 N–H and O–H groups in total. The first-order valence-corrected chi connectivity index (χ1v) is 14.4. The number of piperazine rings is 1. The van der Waals surface area contributed by atoms with E-state index in [0.29, 0.717) is 53.6 Å². The lowest BCUT2D eigenvalue weighted by Gasteiger charge is -2.38. The molecule has 0 bridgehead atoms. The zero-order valence-electron chi connectivity index (χ0n) is 23.8. The van der Waals surface area contributed by atoms with E-state index < -0.39 is 24.7 Å². The van der Waals surface area contributed by atoms with Gasteiger partial charge in [-0.3, -0.25) is 19.5 Å². The Bertz CT molecular complexity index is 1860. The molecule has 0 spiro atoms. The molecule has 1 aliphatic carbocycles. The summed E-state index contributed by atoms with van der Waals surface area (Å²) in [5.41, 5.74) is 2.88. The summed E-state index contributed by atoms with van der Waals surface area (Å²) in [5, 5.41) is 14.8. The molecule has 1 saturated carbocycles. The van der Waals surface area contributed by atoms with Gasteiger partial charge in [0.1, 0.15) is 23.2 Å². The van der Waals surface area contributed by atoms with E-state index in [1.165, 1.54) is 0 Å². The SMILES string of the molecule is O=C(Nc1ccc2oc(-c3ccnc(C(=O)N4CCN(C(c5ccccc5)c5nnn(C(F)F)n5)CC4)c3)cc2c1)[C@@H]1C[C@@H]1F. The molecular weight excluding hydrogens is 589 g/mol. The van der Waals surface area contributed by atoms with Crippen LogP contribution in [-0.4, -0.2) is 79.2 Å². The first-order chi connectivity index (χ1) is 21.8. The number of hydrogen-bond donors (Lipinski definition) is 1. The average molecular weight is 617 g/mol. The summed E-state index contributed by atoms with van der Waals surface area (Å²) in [6.45, 7) is -1.25. The molecule has 7 rings (SSSR count). The lowest BCUT2D eigenvalue weighted by Crippen LogP contribution is -2.50. The summed E-state index contributed by atoms with van der Waals surface area (Å²) in [7, 11) is 0. The molecule has 5 aromatic rings. The predicted octanol–water partition coefficient (Wildman–Crippen LogP) is 4.72. The molecule has 14 heteroatoms. The van der Waals surface area contributed by atoms with E-state index in [0.717, 1.165) is 10.9 Å². The number of fused-ring (bicyclic) bond motifs is 1. The monoisotopic (exact) mass is 616 g/mol. The van der Waals surface area contributed by atoms with E-state index in [1.54, 1.807) is 41.4 Å². The van der Waals surface area contributed by atoms with Crippen LogP contribution in [0.2, 0.25) is 0 Å². The highest BCUT2D eigenvalue weighted by Crippen LogP contribution is 2.36. The molecule has 4 heterocycles. The molecular formula is C31H27F3N8O3. The number of nitrogens with one attached hydrogen (secondary N) is 1. The number of pyridine rings is 1. The minimum absolute atomic E-state index is 0.160. The summed E-state index contributed by atoms with van der Waals surface area (Å²) in [6, 6.07) is 19.2. The van der Waals surface area contributed by atoms with Crippen LogP contribution in [0.4, 0.5) is 18.9 Å². The van der Waals surface area contributed by atoms with Gasteiger partial charge < -0.3 is 14.6 Å². The van der Waals surface area contributed by atoms with Crippen LogP contribution < -0.4 is 5.32 Å². The van der Waals surface area contributed by atoms with E-state index in [1.807, 2.05) is 41.3 Å². The fraction of sp³-hybridized carbons (Fsp3) is 0.290. The van der Waals surface area contributed by atoms with Gasteiger partial charge >= 0.3 is 6.55 Å². The van der Waals surface area contributed by atoms with Crippen LogP contribution >= 0.6 is 0 Å². The molecule has 2 aromatic carbocycles. The molecule has 3 atom stereocenters. The quantitative estimate of drug-likeness (QED) is 0.266. The average Bonchev–Trinajstić information content (AvgIpc) is 3.40. The summed E-state index contributed by atoms with van der Waals surface area (Å²) in [4.78, 5) is 34.0. The molecule has 11 nitrogen and oxygen atoms in total. The van der Waals surface area contributed by atoms with E-state index in [2.05, 4.69) is 25.7 Å². The maximum Gasteiger partial charge on any atom is 0.350 e. The number of alkyl halides is 3. The number of tetrazole rings is 1. The number of benzene rings is 2. The molecule has 1 saturated heterocycles. The largest absolute Gasteiger partial charge is 0.456 e. The third-order valence-electron chi connectivity index (χ3n) is 8.04. The Labute approximate surface area is 254 Å². The summed E-state index contributed by atoms with van der Waals surface area (Å²) < 4.78 is 45.6. The van der Waals surface area contributed by atoms with E-state index in [4.69, 9.17) is 4.42 Å². The van der Waals surface area contributed by atoms with Crippen molar-refractivity contribution in [2.75, 3.05) is 31.5 Å². The Morgan fingerprint density at radius 1 is 0.978 bits per heavy atom. The van der Waals surface area contributed by atoms with Gasteiger partial charge in [-0.15, -0.1) is 10.2 Å². The van der Waals surface area contributed by atoms with Crippen LogP contribution in [-0.2, 0) is 4.79 Å². The van der Waals surface area contributed by atoms with E-state index in [9.17, 15) is 22.8 Å². The van der Waals surface area contributed by atoms with Gasteiger partial charge in [0, 0.05) is 49.0 Å². The molecule has 3 aromatic heterocycles. The van der Waals surface area contributed by atoms with Crippen molar-refractivity contribution in [3.63, 3.8) is 0 Å². The van der Waals surface area contributed by atoms with Gasteiger partial charge in [-0.25, -0.2) is 4.39 Å². The van der Waals surface area contributed by atoms with Crippen LogP contribution in [0.1, 0.15) is 40.9 Å². The molecule has 1 aliphatic heterocycles. The number of nitrogens with zero attached hydrogens (tertiary/aromatic N) is 7. The highest BCUT2D eigenvalue weighted by Gasteiger charge is 2.43. The number of carbonyl (C=O) groups is 2. The molecule has 2 aliphatic rings. The Balaban J connectivity index is 1.05. The fourth-order valence-corrected chi connectivity index (χ4v) is 5.57. The molecule has 1 unspecified atom stereocenters. The van der Waals surface area contributed by atoms with Crippen molar-refractivity contribution < 1.29 is 27.2 Å². The number of amides is 2. The first kappa shape index (κ1) is 28.6. The van der Waals surface area contributed by atoms with Crippen molar-refractivity contribution in [1.82, 2.24) is 35.0 Å². The van der Waals surface area contributed by atoms with Crippen LogP contribution in [0.3, 0.4) is 0 Å². The summed E-state index contributed by atoms with van der Waals surface area (Å²) in [5.74, 6) is -0.492. The van der Waals surface area contributed by atoms with Gasteiger partial charge in [0.2, 0.25) is 5.91 Å². The van der Waals surface area contributed by atoms with Crippen LogP contribution in [0.5, 0.6) is 0 Å². The Hall–Kier alpha value is -5.11. The minimum Gasteiger partial charge on any atom is -0.456 e. The second-order valence-electron chi connectivity index (χ2n) is 11.0. The van der Waals surface area contributed by atoms with Gasteiger partial charge in [0.15, 0.2) is 5.82 Å². The summed E-state index contributed by atoms with van der Waals surface area (Å²) in [6.07, 6.45) is 0.722. The molecule has 0 radical (unpaired) electrons. The van der Waals surface area contributed by atoms with Crippen molar-refractivity contribution in [2.45, 2.75) is 25.2 Å². The first-order valence-electron chi connectivity index (χ1n) is 14.4. The zero-order chi connectivity index (χ0) is 31.1. The van der Waals surface area contributed by atoms with Gasteiger partial charge in [-0.2, -0.15) is 8.78 Å². The van der Waals surface area contributed by atoms with E-state index >= 15 is 0 Å². The van der Waals surface area contributed by atoms with Crippen molar-refractivity contribution >= 4 is 28.5 Å². The van der Waals surface area contributed by atoms with Crippen LogP contribution in [0, 0.1) is 5.92 Å². The number of halogens is 3. The second-order valence-corrected chi connectivity index (χ2v) is 11.0. The molecule has 2 fully saturated rings. The minimum atomic E-state index is -2.90. The molecule has 230 valence electrons. The maximum atomic E-state index is 13.5. The normalized spacial score (nSPS) is 19.2. The van der Waals surface area contributed by atoms with Crippen molar-refractivity contribution in [3.8, 4) is 11.3 Å². The molecule has 45 heavy (non-hydrogen) atoms. The third-order valence-corrected chi connectivity index (χ3v) is 8.04. The van der Waals surface area contributed by atoms with Crippen molar-refractivity contribution in [1.29, 1.82) is 0 Å². The molecule has 2 amide bonds. The van der Waals surface area contributed by atoms with Gasteiger partial charge in [0.25, 0.3) is 5.91 Å². The van der Waals surface area contributed by atoms with Crippen molar-refractivity contribution in [3.05, 3.63) is 90.0 Å². The number of hydrogen-bond acceptors (Lipinski definition) is 8. The van der Waals surface area contributed by atoms with Gasteiger partial charge in [0.05, 0.1) is 12.0 Å². The van der Waals surface area contributed by atoms with Crippen molar-refractivity contribution in [2.24, 2.45) is 5.92 Å². The fourth-order valence-electron chi connectivity index (χ4n) is 5.57. The van der Waals surface area contributed by atoms with Gasteiger partial charge in [-0.05, 0) is 53.6 Å². The zero-order valence-corrected chi connectivity index (χ0v) is 23.8. The van der Waals surface area contributed by atoms with E-state index in [-0.39, 0.29) is 29.8 Å². The standard InChI is InChI=1S/C31H27F3N8O3/c32-23-17-22(23)29(43)36-21-6-7-25-20(14-21)16-26(45-25)19-8-9-35-24(15-19)30(44)41-12-10-40(11-13-41)27(18-4-2-1-3-5-18)28-37-39-42(38-28)31(33)34/h1-9,14-16,22-23,27,31H,10-13,17H2,(H,36,43)/t22-,23+,27?/m1/s1. The third kappa shape index (κ3) is 5.88. The highest BCUT2D eigenvalue weighted by molar-refractivity contribution is 5.97. The lowest BCUT2D eigenvalue weighted by atomic mass is 10.0. The maximum absolute atomic E-state index is 13.5. The van der Waals surface area contributed by atoms with Crippen LogP contribution in [0.15, 0.2) is 77.3 Å². The number of aromatic nitrogens is 5. The number of rotatable bonds is 8. The number of anilines is 1. The Kier molecular flexibility index (Phi) is 7.49. The second kappa shape index (κ2) is 11.8. The lowest BCUT2D eigenvalue weighted by molar-refractivity contribution is -0.117. The highest BCUT2D eigenvalue weighted by atomic mass is 19.3. The van der Waals surface area contributed by atoms with Crippen LogP contribution in [0.25, 0.3) is 22.3 Å². The Morgan fingerprint density at radius 2 is 1.76 bits per heavy atom. The Morgan fingerprint density at radius 3 is 2.47 bits per heavy atom.